The molecule has 7 heteroatoms. The van der Waals surface area contributed by atoms with E-state index in [4.69, 9.17) is 0 Å². The fourth-order valence-corrected chi connectivity index (χ4v) is 2.60. The third kappa shape index (κ3) is 2.60. The van der Waals surface area contributed by atoms with Gasteiger partial charge in [0, 0.05) is 28.0 Å². The fourth-order valence-electron chi connectivity index (χ4n) is 2.24. The Morgan fingerprint density at radius 1 is 1.35 bits per heavy atom. The summed E-state index contributed by atoms with van der Waals surface area (Å²) in [5.74, 6) is -0.264. The Hall–Kier alpha value is -1.70. The van der Waals surface area contributed by atoms with Gasteiger partial charge in [-0.2, -0.15) is 0 Å². The summed E-state index contributed by atoms with van der Waals surface area (Å²) < 4.78 is 0.853. The number of carbonyl (C=O) groups is 1. The van der Waals surface area contributed by atoms with Crippen LogP contribution >= 0.6 is 15.9 Å². The maximum Gasteiger partial charge on any atom is 0.253 e. The maximum atomic E-state index is 12.3. The van der Waals surface area contributed by atoms with Crippen LogP contribution < -0.4 is 21.7 Å². The molecule has 1 atom stereocenters. The number of hydrogen-bond donors (Lipinski definition) is 4. The van der Waals surface area contributed by atoms with Crippen LogP contribution in [-0.2, 0) is 0 Å². The molecule has 1 aromatic carbocycles. The van der Waals surface area contributed by atoms with Crippen LogP contribution in [0.4, 0.5) is 0 Å². The van der Waals surface area contributed by atoms with Crippen molar-refractivity contribution in [2.75, 3.05) is 6.54 Å². The highest BCUT2D eigenvalue weighted by molar-refractivity contribution is 9.10. The highest BCUT2D eigenvalue weighted by Crippen LogP contribution is 2.20. The van der Waals surface area contributed by atoms with Gasteiger partial charge in [0.2, 0.25) is 5.56 Å². The summed E-state index contributed by atoms with van der Waals surface area (Å²) in [5, 5.41) is 3.56. The van der Waals surface area contributed by atoms with Gasteiger partial charge >= 0.3 is 0 Å². The van der Waals surface area contributed by atoms with Crippen molar-refractivity contribution < 1.29 is 4.79 Å². The number of H-pyrrole nitrogens is 1. The first-order valence-corrected chi connectivity index (χ1v) is 7.04. The van der Waals surface area contributed by atoms with Crippen molar-refractivity contribution in [3.05, 3.63) is 44.7 Å². The van der Waals surface area contributed by atoms with Gasteiger partial charge in [0.05, 0.1) is 11.7 Å². The summed E-state index contributed by atoms with van der Waals surface area (Å²) >= 11 is 3.38. The van der Waals surface area contributed by atoms with Gasteiger partial charge in [0.1, 0.15) is 0 Å². The molecule has 0 radical (unpaired) electrons. The minimum absolute atomic E-state index is 0.121. The van der Waals surface area contributed by atoms with Crippen molar-refractivity contribution in [3.63, 3.8) is 0 Å². The Kier molecular flexibility index (Phi) is 3.56. The molecule has 2 aromatic rings. The lowest BCUT2D eigenvalue weighted by molar-refractivity contribution is 0.0934. The lowest BCUT2D eigenvalue weighted by Crippen LogP contribution is -2.44. The number of pyridine rings is 1. The summed E-state index contributed by atoms with van der Waals surface area (Å²) in [6.07, 6.45) is 0.681. The Morgan fingerprint density at radius 2 is 2.20 bits per heavy atom. The largest absolute Gasteiger partial charge is 0.335 e. The zero-order valence-electron chi connectivity index (χ0n) is 10.5. The number of aromatic amines is 1. The van der Waals surface area contributed by atoms with E-state index in [9.17, 15) is 9.59 Å². The van der Waals surface area contributed by atoms with Crippen molar-refractivity contribution in [1.29, 1.82) is 0 Å². The summed E-state index contributed by atoms with van der Waals surface area (Å²) in [6, 6.07) is 6.74. The quantitative estimate of drug-likeness (QED) is 0.654. The van der Waals surface area contributed by atoms with Crippen molar-refractivity contribution in [2.24, 2.45) is 0 Å². The zero-order valence-corrected chi connectivity index (χ0v) is 12.1. The number of halogens is 1. The second-order valence-corrected chi connectivity index (χ2v) is 5.54. The molecule has 1 fully saturated rings. The van der Waals surface area contributed by atoms with Gasteiger partial charge in [-0.25, -0.2) is 5.43 Å². The molecular formula is C13H13BrN4O2. The number of rotatable bonds is 2. The minimum Gasteiger partial charge on any atom is -0.335 e. The number of hydrazine groups is 1. The highest BCUT2D eigenvalue weighted by Gasteiger charge is 2.19. The van der Waals surface area contributed by atoms with E-state index in [1.165, 1.54) is 6.07 Å². The highest BCUT2D eigenvalue weighted by atomic mass is 79.9. The van der Waals surface area contributed by atoms with E-state index in [1.54, 1.807) is 6.07 Å². The van der Waals surface area contributed by atoms with E-state index < -0.39 is 0 Å². The van der Waals surface area contributed by atoms with E-state index in [1.807, 2.05) is 12.1 Å². The Morgan fingerprint density at radius 3 is 2.95 bits per heavy atom. The number of fused-ring (bicyclic) bond motifs is 1. The Balaban J connectivity index is 2.02. The van der Waals surface area contributed by atoms with E-state index in [2.05, 4.69) is 37.1 Å². The average Bonchev–Trinajstić information content (AvgIpc) is 2.91. The van der Waals surface area contributed by atoms with Crippen LogP contribution in [0, 0.1) is 0 Å². The molecule has 1 amide bonds. The SMILES string of the molecule is O=C(NC1CCNN1)c1cc(=O)[nH]c2ccc(Br)cc12. The predicted octanol–water partition coefficient (Wildman–Crippen LogP) is 0.844. The zero-order chi connectivity index (χ0) is 14.1. The number of benzene rings is 1. The molecule has 6 nitrogen and oxygen atoms in total. The molecule has 1 unspecified atom stereocenters. The van der Waals surface area contributed by atoms with Crippen molar-refractivity contribution in [3.8, 4) is 0 Å². The third-order valence-corrected chi connectivity index (χ3v) is 3.68. The minimum atomic E-state index is -0.289. The average molecular weight is 337 g/mol. The predicted molar refractivity (Wildman–Crippen MR) is 79.3 cm³/mol. The lowest BCUT2D eigenvalue weighted by Gasteiger charge is -2.13. The lowest BCUT2D eigenvalue weighted by atomic mass is 10.1. The first kappa shape index (κ1) is 13.3. The van der Waals surface area contributed by atoms with Crippen LogP contribution in [0.25, 0.3) is 10.9 Å². The van der Waals surface area contributed by atoms with Gasteiger partial charge < -0.3 is 10.3 Å². The first-order valence-electron chi connectivity index (χ1n) is 6.25. The van der Waals surface area contributed by atoms with E-state index in [0.29, 0.717) is 16.5 Å². The first-order chi connectivity index (χ1) is 9.63. The molecule has 20 heavy (non-hydrogen) atoms. The molecular weight excluding hydrogens is 324 g/mol. The number of amides is 1. The molecule has 0 bridgehead atoms. The van der Waals surface area contributed by atoms with Gasteiger partial charge in [-0.05, 0) is 24.6 Å². The molecule has 1 aliphatic heterocycles. The topological polar surface area (TPSA) is 86.0 Å². The van der Waals surface area contributed by atoms with Crippen LogP contribution in [0.5, 0.6) is 0 Å². The normalized spacial score (nSPS) is 18.4. The summed E-state index contributed by atoms with van der Waals surface area (Å²) in [6.45, 7) is 0.798. The molecule has 4 N–H and O–H groups in total. The number of carbonyl (C=O) groups excluding carboxylic acids is 1. The van der Waals surface area contributed by atoms with Crippen LogP contribution in [-0.4, -0.2) is 23.6 Å². The molecule has 1 saturated heterocycles. The van der Waals surface area contributed by atoms with Gasteiger partial charge in [-0.15, -0.1) is 0 Å². The summed E-state index contributed by atoms with van der Waals surface area (Å²) in [4.78, 5) is 26.7. The molecule has 3 rings (SSSR count). The van der Waals surface area contributed by atoms with Gasteiger partial charge in [-0.3, -0.25) is 15.0 Å². The molecule has 0 saturated carbocycles. The standard InChI is InChI=1S/C13H13BrN4O2/c14-7-1-2-10-8(5-7)9(6-12(19)16-10)13(20)17-11-3-4-15-18-11/h1-2,5-6,11,15,18H,3-4H2,(H,16,19)(H,17,20). The molecule has 1 aliphatic rings. The summed E-state index contributed by atoms with van der Waals surface area (Å²) in [5.41, 5.74) is 6.63. The van der Waals surface area contributed by atoms with Gasteiger partial charge in [-0.1, -0.05) is 15.9 Å². The Bertz CT molecular complexity index is 722. The van der Waals surface area contributed by atoms with Gasteiger partial charge in [0.15, 0.2) is 0 Å². The van der Waals surface area contributed by atoms with Crippen LogP contribution in [0.15, 0.2) is 33.5 Å². The molecule has 104 valence electrons. The van der Waals surface area contributed by atoms with E-state index >= 15 is 0 Å². The molecule has 2 heterocycles. The van der Waals surface area contributed by atoms with Crippen LogP contribution in [0.2, 0.25) is 0 Å². The molecule has 1 aromatic heterocycles. The number of aromatic nitrogens is 1. The van der Waals surface area contributed by atoms with Crippen molar-refractivity contribution in [1.82, 2.24) is 21.2 Å². The smallest absolute Gasteiger partial charge is 0.253 e. The van der Waals surface area contributed by atoms with Crippen LogP contribution in [0.1, 0.15) is 16.8 Å². The monoisotopic (exact) mass is 336 g/mol. The Labute approximate surface area is 123 Å². The summed E-state index contributed by atoms with van der Waals surface area (Å²) in [7, 11) is 0. The van der Waals surface area contributed by atoms with Crippen molar-refractivity contribution in [2.45, 2.75) is 12.6 Å². The van der Waals surface area contributed by atoms with E-state index in [0.717, 1.165) is 17.4 Å². The van der Waals surface area contributed by atoms with Crippen molar-refractivity contribution >= 4 is 32.7 Å². The second-order valence-electron chi connectivity index (χ2n) is 4.62. The molecule has 0 spiro atoms. The van der Waals surface area contributed by atoms with E-state index in [-0.39, 0.29) is 17.6 Å². The number of nitrogens with one attached hydrogen (secondary N) is 4. The third-order valence-electron chi connectivity index (χ3n) is 3.19. The fraction of sp³-hybridized carbons (Fsp3) is 0.231. The number of hydrogen-bond acceptors (Lipinski definition) is 4. The molecule has 0 aliphatic carbocycles. The second kappa shape index (κ2) is 5.35. The maximum absolute atomic E-state index is 12.3. The van der Waals surface area contributed by atoms with Gasteiger partial charge in [0.25, 0.3) is 5.91 Å². The van der Waals surface area contributed by atoms with Crippen LogP contribution in [0.3, 0.4) is 0 Å².